The first-order chi connectivity index (χ1) is 14.5. The maximum Gasteiger partial charge on any atom is 0.302 e. The topological polar surface area (TPSA) is 99.6 Å². The summed E-state index contributed by atoms with van der Waals surface area (Å²) in [5, 5.41) is 3.08. The SMILES string of the molecule is CCOc1cc([C@H]2C[C@H](OC(C)=O)CC[C@H]2NC(=O)c2cnccn2)ccc1OC. The molecule has 0 aliphatic heterocycles. The third-order valence-corrected chi connectivity index (χ3v) is 5.16. The van der Waals surface area contributed by atoms with Crippen LogP contribution in [-0.2, 0) is 9.53 Å². The number of nitrogens with one attached hydrogen (secondary N) is 1. The van der Waals surface area contributed by atoms with Gasteiger partial charge in [0.05, 0.1) is 19.9 Å². The van der Waals surface area contributed by atoms with E-state index in [1.165, 1.54) is 25.5 Å². The number of amides is 1. The highest BCUT2D eigenvalue weighted by atomic mass is 16.5. The highest BCUT2D eigenvalue weighted by molar-refractivity contribution is 5.92. The minimum atomic E-state index is -0.300. The monoisotopic (exact) mass is 413 g/mol. The van der Waals surface area contributed by atoms with Crippen molar-refractivity contribution in [3.8, 4) is 11.5 Å². The van der Waals surface area contributed by atoms with Crippen molar-refractivity contribution < 1.29 is 23.8 Å². The van der Waals surface area contributed by atoms with Crippen LogP contribution in [0.4, 0.5) is 0 Å². The quantitative estimate of drug-likeness (QED) is 0.697. The Morgan fingerprint density at radius 2 is 2.03 bits per heavy atom. The molecule has 1 aromatic heterocycles. The maximum absolute atomic E-state index is 12.7. The van der Waals surface area contributed by atoms with E-state index in [1.807, 2.05) is 25.1 Å². The van der Waals surface area contributed by atoms with Gasteiger partial charge in [0.1, 0.15) is 11.8 Å². The van der Waals surface area contributed by atoms with E-state index in [9.17, 15) is 9.59 Å². The average molecular weight is 413 g/mol. The van der Waals surface area contributed by atoms with Crippen LogP contribution in [0.1, 0.15) is 55.1 Å². The Bertz CT molecular complexity index is 874. The molecule has 8 nitrogen and oxygen atoms in total. The Morgan fingerprint density at radius 3 is 2.70 bits per heavy atom. The van der Waals surface area contributed by atoms with Gasteiger partial charge in [0.2, 0.25) is 0 Å². The van der Waals surface area contributed by atoms with Crippen LogP contribution in [0.3, 0.4) is 0 Å². The second kappa shape index (κ2) is 10.0. The number of esters is 1. The van der Waals surface area contributed by atoms with Crippen LogP contribution in [0.5, 0.6) is 11.5 Å². The number of aromatic nitrogens is 2. The van der Waals surface area contributed by atoms with Crippen molar-refractivity contribution in [2.45, 2.75) is 51.2 Å². The van der Waals surface area contributed by atoms with E-state index in [0.29, 0.717) is 37.4 Å². The van der Waals surface area contributed by atoms with E-state index in [1.54, 1.807) is 7.11 Å². The summed E-state index contributed by atoms with van der Waals surface area (Å²) in [5.41, 5.74) is 1.25. The van der Waals surface area contributed by atoms with E-state index < -0.39 is 0 Å². The van der Waals surface area contributed by atoms with Gasteiger partial charge in [0, 0.05) is 31.3 Å². The van der Waals surface area contributed by atoms with Crippen LogP contribution < -0.4 is 14.8 Å². The van der Waals surface area contributed by atoms with Crippen LogP contribution in [0.25, 0.3) is 0 Å². The molecule has 3 atom stereocenters. The summed E-state index contributed by atoms with van der Waals surface area (Å²) in [5.74, 6) is 0.654. The highest BCUT2D eigenvalue weighted by Gasteiger charge is 2.35. The molecule has 0 saturated heterocycles. The Kier molecular flexibility index (Phi) is 7.21. The average Bonchev–Trinajstić information content (AvgIpc) is 2.75. The molecule has 3 rings (SSSR count). The number of rotatable bonds is 7. The lowest BCUT2D eigenvalue weighted by atomic mass is 9.78. The lowest BCUT2D eigenvalue weighted by Crippen LogP contribution is -2.44. The summed E-state index contributed by atoms with van der Waals surface area (Å²) in [6.07, 6.45) is 6.20. The van der Waals surface area contributed by atoms with E-state index in [4.69, 9.17) is 14.2 Å². The normalized spacial score (nSPS) is 20.8. The summed E-state index contributed by atoms with van der Waals surface area (Å²) < 4.78 is 16.6. The van der Waals surface area contributed by atoms with Crippen molar-refractivity contribution in [1.82, 2.24) is 15.3 Å². The van der Waals surface area contributed by atoms with Gasteiger partial charge in [0.25, 0.3) is 5.91 Å². The van der Waals surface area contributed by atoms with Gasteiger partial charge in [0.15, 0.2) is 11.5 Å². The molecule has 30 heavy (non-hydrogen) atoms. The van der Waals surface area contributed by atoms with Crippen LogP contribution in [0.15, 0.2) is 36.8 Å². The molecule has 0 bridgehead atoms. The third kappa shape index (κ3) is 5.25. The highest BCUT2D eigenvalue weighted by Crippen LogP contribution is 2.38. The number of benzene rings is 1. The fourth-order valence-corrected chi connectivity index (χ4v) is 3.87. The molecule has 0 unspecified atom stereocenters. The van der Waals surface area contributed by atoms with Gasteiger partial charge in [-0.2, -0.15) is 0 Å². The van der Waals surface area contributed by atoms with Gasteiger partial charge in [-0.15, -0.1) is 0 Å². The molecule has 1 aromatic carbocycles. The summed E-state index contributed by atoms with van der Waals surface area (Å²) in [4.78, 5) is 32.2. The smallest absolute Gasteiger partial charge is 0.302 e. The van der Waals surface area contributed by atoms with E-state index >= 15 is 0 Å². The number of methoxy groups -OCH3 is 1. The standard InChI is InChI=1S/C22H27N3O5/c1-4-29-21-11-15(5-8-20(21)28-3)17-12-16(30-14(2)26)6-7-18(17)25-22(27)19-13-23-9-10-24-19/h5,8-11,13,16-18H,4,6-7,12H2,1-3H3,(H,25,27)/t16-,17-,18-/m1/s1. The van der Waals surface area contributed by atoms with Crippen molar-refractivity contribution in [1.29, 1.82) is 0 Å². The predicted octanol–water partition coefficient (Wildman–Crippen LogP) is 2.88. The number of carbonyl (C=O) groups excluding carboxylic acids is 2. The first-order valence-corrected chi connectivity index (χ1v) is 10.1. The zero-order chi connectivity index (χ0) is 21.5. The van der Waals surface area contributed by atoms with Crippen molar-refractivity contribution in [3.05, 3.63) is 48.0 Å². The fourth-order valence-electron chi connectivity index (χ4n) is 3.87. The van der Waals surface area contributed by atoms with Gasteiger partial charge in [-0.05, 0) is 43.9 Å². The van der Waals surface area contributed by atoms with Crippen molar-refractivity contribution in [3.63, 3.8) is 0 Å². The van der Waals surface area contributed by atoms with Gasteiger partial charge >= 0.3 is 5.97 Å². The largest absolute Gasteiger partial charge is 0.493 e. The lowest BCUT2D eigenvalue weighted by Gasteiger charge is -2.36. The van der Waals surface area contributed by atoms with Crippen LogP contribution in [0, 0.1) is 0 Å². The molecule has 160 valence electrons. The molecule has 2 aromatic rings. The predicted molar refractivity (Wildman–Crippen MR) is 110 cm³/mol. The maximum atomic E-state index is 12.7. The zero-order valence-electron chi connectivity index (χ0n) is 17.5. The number of hydrogen-bond acceptors (Lipinski definition) is 7. The van der Waals surface area contributed by atoms with Crippen LogP contribution >= 0.6 is 0 Å². The first kappa shape index (κ1) is 21.5. The molecule has 0 radical (unpaired) electrons. The molecule has 1 fully saturated rings. The molecule has 0 spiro atoms. The number of nitrogens with zero attached hydrogens (tertiary/aromatic N) is 2. The molecule has 1 aliphatic carbocycles. The molecule has 1 amide bonds. The number of hydrogen-bond donors (Lipinski definition) is 1. The molecular weight excluding hydrogens is 386 g/mol. The fraction of sp³-hybridized carbons (Fsp3) is 0.455. The Morgan fingerprint density at radius 1 is 1.20 bits per heavy atom. The van der Waals surface area contributed by atoms with Gasteiger partial charge in [-0.25, -0.2) is 4.98 Å². The zero-order valence-corrected chi connectivity index (χ0v) is 17.5. The molecule has 1 saturated carbocycles. The summed E-state index contributed by atoms with van der Waals surface area (Å²) in [7, 11) is 1.60. The number of ether oxygens (including phenoxy) is 3. The van der Waals surface area contributed by atoms with Crippen LogP contribution in [0.2, 0.25) is 0 Å². The van der Waals surface area contributed by atoms with Crippen molar-refractivity contribution in [2.75, 3.05) is 13.7 Å². The summed E-state index contributed by atoms with van der Waals surface area (Å²) in [6.45, 7) is 3.83. The second-order valence-electron chi connectivity index (χ2n) is 7.16. The van der Waals surface area contributed by atoms with Crippen LogP contribution in [-0.4, -0.2) is 47.7 Å². The molecule has 8 heteroatoms. The Balaban J connectivity index is 1.87. The Hall–Kier alpha value is -3.16. The number of carbonyl (C=O) groups is 2. The van der Waals surface area contributed by atoms with E-state index in [0.717, 1.165) is 5.56 Å². The van der Waals surface area contributed by atoms with Gasteiger partial charge in [-0.1, -0.05) is 6.07 Å². The van der Waals surface area contributed by atoms with Gasteiger partial charge < -0.3 is 19.5 Å². The Labute approximate surface area is 176 Å². The molecule has 1 aliphatic rings. The van der Waals surface area contributed by atoms with E-state index in [-0.39, 0.29) is 35.6 Å². The van der Waals surface area contributed by atoms with Crippen molar-refractivity contribution >= 4 is 11.9 Å². The van der Waals surface area contributed by atoms with Crippen molar-refractivity contribution in [2.24, 2.45) is 0 Å². The van der Waals surface area contributed by atoms with E-state index in [2.05, 4.69) is 15.3 Å². The minimum Gasteiger partial charge on any atom is -0.493 e. The first-order valence-electron chi connectivity index (χ1n) is 10.1. The third-order valence-electron chi connectivity index (χ3n) is 5.16. The minimum absolute atomic E-state index is 0.0613. The second-order valence-corrected chi connectivity index (χ2v) is 7.16. The summed E-state index contributed by atoms with van der Waals surface area (Å²) in [6, 6.07) is 5.61. The van der Waals surface area contributed by atoms with Gasteiger partial charge in [-0.3, -0.25) is 14.6 Å². The molecule has 1 heterocycles. The summed E-state index contributed by atoms with van der Waals surface area (Å²) >= 11 is 0. The molecular formula is C22H27N3O5. The lowest BCUT2D eigenvalue weighted by molar-refractivity contribution is -0.148. The molecule has 1 N–H and O–H groups in total.